The molecule has 0 fully saturated rings. The van der Waals surface area contributed by atoms with E-state index in [1.165, 1.54) is 113 Å². The molecule has 240 valence electrons. The van der Waals surface area contributed by atoms with E-state index in [1.807, 2.05) is 11.3 Å². The molecule has 0 saturated heterocycles. The van der Waals surface area contributed by atoms with Crippen LogP contribution in [-0.4, -0.2) is 4.57 Å². The van der Waals surface area contributed by atoms with Crippen molar-refractivity contribution >= 4 is 107 Å². The first-order valence-electron chi connectivity index (χ1n) is 17.9. The van der Waals surface area contributed by atoms with E-state index >= 15 is 0 Å². The molecule has 12 rings (SSSR count). The summed E-state index contributed by atoms with van der Waals surface area (Å²) in [4.78, 5) is 0. The van der Waals surface area contributed by atoms with Gasteiger partial charge < -0.3 is 4.57 Å². The van der Waals surface area contributed by atoms with Crippen molar-refractivity contribution in [2.75, 3.05) is 0 Å². The van der Waals surface area contributed by atoms with Crippen LogP contribution in [0.2, 0.25) is 0 Å². The molecule has 0 spiro atoms. The monoisotopic (exact) mass is 675 g/mol. The maximum absolute atomic E-state index is 2.46. The second-order valence-corrected chi connectivity index (χ2v) is 15.0. The fourth-order valence-corrected chi connectivity index (χ4v) is 10.4. The Morgan fingerprint density at radius 3 is 1.58 bits per heavy atom. The van der Waals surface area contributed by atoms with Crippen molar-refractivity contribution in [3.8, 4) is 16.8 Å². The van der Waals surface area contributed by atoms with Crippen molar-refractivity contribution in [1.29, 1.82) is 0 Å². The van der Waals surface area contributed by atoms with E-state index in [0.29, 0.717) is 0 Å². The molecule has 1 nitrogen and oxygen atoms in total. The van der Waals surface area contributed by atoms with Crippen molar-refractivity contribution in [2.24, 2.45) is 0 Å². The summed E-state index contributed by atoms with van der Waals surface area (Å²) in [6, 6.07) is 65.4. The Labute approximate surface area is 303 Å². The van der Waals surface area contributed by atoms with Crippen LogP contribution in [0.1, 0.15) is 0 Å². The van der Waals surface area contributed by atoms with Crippen LogP contribution in [0.15, 0.2) is 176 Å². The first kappa shape index (κ1) is 28.2. The van der Waals surface area contributed by atoms with Crippen LogP contribution in [0.25, 0.3) is 113 Å². The summed E-state index contributed by atoms with van der Waals surface area (Å²) in [7, 11) is 0. The summed E-state index contributed by atoms with van der Waals surface area (Å²) in [5.74, 6) is 0. The van der Waals surface area contributed by atoms with Gasteiger partial charge in [-0.2, -0.15) is 0 Å². The molecule has 2 heteroatoms. The third-order valence-electron chi connectivity index (χ3n) is 11.3. The van der Waals surface area contributed by atoms with E-state index in [4.69, 9.17) is 0 Å². The third kappa shape index (κ3) is 3.77. The Morgan fingerprint density at radius 2 is 0.865 bits per heavy atom. The van der Waals surface area contributed by atoms with Crippen molar-refractivity contribution in [2.45, 2.75) is 0 Å². The van der Waals surface area contributed by atoms with Gasteiger partial charge >= 0.3 is 0 Å². The highest BCUT2D eigenvalue weighted by Crippen LogP contribution is 2.46. The van der Waals surface area contributed by atoms with E-state index in [1.54, 1.807) is 0 Å². The minimum Gasteiger partial charge on any atom is -0.309 e. The molecule has 0 bridgehead atoms. The molecule has 10 aromatic carbocycles. The average Bonchev–Trinajstić information content (AvgIpc) is 3.76. The molecule has 0 aliphatic heterocycles. The van der Waals surface area contributed by atoms with E-state index in [-0.39, 0.29) is 0 Å². The largest absolute Gasteiger partial charge is 0.309 e. The Bertz CT molecular complexity index is 3470. The highest BCUT2D eigenvalue weighted by atomic mass is 32.1. The molecule has 2 aromatic heterocycles. The summed E-state index contributed by atoms with van der Waals surface area (Å²) >= 11 is 1.89. The minimum absolute atomic E-state index is 1.17. The van der Waals surface area contributed by atoms with Gasteiger partial charge in [-0.3, -0.25) is 0 Å². The summed E-state index contributed by atoms with van der Waals surface area (Å²) < 4.78 is 5.15. The van der Waals surface area contributed by atoms with Crippen molar-refractivity contribution in [1.82, 2.24) is 4.57 Å². The number of nitrogens with zero attached hydrogens (tertiary/aromatic N) is 1. The Kier molecular flexibility index (Phi) is 5.71. The van der Waals surface area contributed by atoms with Gasteiger partial charge in [0, 0.05) is 36.6 Å². The summed E-state index contributed by atoms with van der Waals surface area (Å²) in [5, 5.41) is 18.2. The van der Waals surface area contributed by atoms with Crippen LogP contribution in [0.4, 0.5) is 0 Å². The lowest BCUT2D eigenvalue weighted by Crippen LogP contribution is -1.95. The molecule has 0 atom stereocenters. The lowest BCUT2D eigenvalue weighted by molar-refractivity contribution is 1.19. The van der Waals surface area contributed by atoms with E-state index in [2.05, 4.69) is 180 Å². The Hall–Kier alpha value is -6.48. The predicted octanol–water partition coefficient (Wildman–Crippen LogP) is 14.6. The van der Waals surface area contributed by atoms with Crippen LogP contribution in [0.3, 0.4) is 0 Å². The van der Waals surface area contributed by atoms with Crippen LogP contribution >= 0.6 is 11.3 Å². The smallest absolute Gasteiger partial charge is 0.0541 e. The molecular weight excluding hydrogens is 647 g/mol. The van der Waals surface area contributed by atoms with Crippen molar-refractivity contribution in [3.63, 3.8) is 0 Å². The van der Waals surface area contributed by atoms with Gasteiger partial charge in [-0.05, 0) is 101 Å². The molecule has 0 unspecified atom stereocenters. The highest BCUT2D eigenvalue weighted by molar-refractivity contribution is 7.26. The minimum atomic E-state index is 1.17. The summed E-state index contributed by atoms with van der Waals surface area (Å²) in [6.45, 7) is 0. The molecule has 0 aliphatic carbocycles. The molecule has 0 radical (unpaired) electrons. The normalized spacial score (nSPS) is 12.2. The second kappa shape index (κ2) is 10.5. The lowest BCUT2D eigenvalue weighted by Gasteiger charge is -2.17. The van der Waals surface area contributed by atoms with Gasteiger partial charge in [-0.1, -0.05) is 140 Å². The maximum atomic E-state index is 2.46. The zero-order valence-corrected chi connectivity index (χ0v) is 28.9. The number of rotatable bonds is 2. The van der Waals surface area contributed by atoms with Crippen LogP contribution in [-0.2, 0) is 0 Å². The topological polar surface area (TPSA) is 4.93 Å². The Morgan fingerprint density at radius 1 is 0.327 bits per heavy atom. The number of para-hydroxylation sites is 1. The summed E-state index contributed by atoms with van der Waals surface area (Å²) in [6.07, 6.45) is 0. The fraction of sp³-hybridized carbons (Fsp3) is 0. The summed E-state index contributed by atoms with van der Waals surface area (Å²) in [5.41, 5.74) is 6.15. The number of benzene rings is 10. The average molecular weight is 676 g/mol. The molecule has 0 amide bonds. The van der Waals surface area contributed by atoms with E-state index < -0.39 is 0 Å². The van der Waals surface area contributed by atoms with Crippen LogP contribution < -0.4 is 0 Å². The number of hydrogen-bond acceptors (Lipinski definition) is 1. The second-order valence-electron chi connectivity index (χ2n) is 14.0. The van der Waals surface area contributed by atoms with Crippen LogP contribution in [0, 0.1) is 0 Å². The Balaban J connectivity index is 1.15. The van der Waals surface area contributed by atoms with Gasteiger partial charge in [0.15, 0.2) is 0 Å². The first-order chi connectivity index (χ1) is 25.8. The molecule has 0 N–H and O–H groups in total. The van der Waals surface area contributed by atoms with Crippen molar-refractivity contribution in [3.05, 3.63) is 176 Å². The number of fused-ring (bicyclic) bond motifs is 17. The standard InChI is InChI=1S/C50H29NS/c1-4-17-38-33(12-1)34-13-2-5-18-39(34)49-41-26-25-31(29-43(41)35-14-3-6-19-40(35)48(38)49)51-45-22-9-7-15-36(45)44-28-30(24-27-46(44)51)32-20-11-21-42-37-16-8-10-23-47(37)52-50(32)42/h1-29H. The van der Waals surface area contributed by atoms with Gasteiger partial charge in [0.1, 0.15) is 0 Å². The fourth-order valence-electron chi connectivity index (χ4n) is 9.14. The maximum Gasteiger partial charge on any atom is 0.0541 e. The lowest BCUT2D eigenvalue weighted by atomic mass is 9.87. The molecule has 2 heterocycles. The molecular formula is C50H29NS. The quantitative estimate of drug-likeness (QED) is 0.161. The SMILES string of the molecule is c1ccc2c(c1)sc1c(-c3ccc4c(c3)c3ccccc3n4-c3ccc4c(c3)c3ccccc3c3c5ccccc5c5ccccc5c43)cccc12. The molecule has 0 aliphatic rings. The molecule has 0 saturated carbocycles. The zero-order valence-electron chi connectivity index (χ0n) is 28.1. The van der Waals surface area contributed by atoms with Crippen LogP contribution in [0.5, 0.6) is 0 Å². The van der Waals surface area contributed by atoms with Gasteiger partial charge in [-0.25, -0.2) is 0 Å². The zero-order chi connectivity index (χ0) is 33.9. The molecule has 52 heavy (non-hydrogen) atoms. The first-order valence-corrected chi connectivity index (χ1v) is 18.8. The third-order valence-corrected chi connectivity index (χ3v) is 12.6. The predicted molar refractivity (Wildman–Crippen MR) is 227 cm³/mol. The van der Waals surface area contributed by atoms with Gasteiger partial charge in [0.25, 0.3) is 0 Å². The van der Waals surface area contributed by atoms with Gasteiger partial charge in [0.05, 0.1) is 11.0 Å². The molecule has 12 aromatic rings. The van der Waals surface area contributed by atoms with Gasteiger partial charge in [-0.15, -0.1) is 11.3 Å². The van der Waals surface area contributed by atoms with E-state index in [0.717, 1.165) is 0 Å². The van der Waals surface area contributed by atoms with E-state index in [9.17, 15) is 0 Å². The van der Waals surface area contributed by atoms with Crippen molar-refractivity contribution < 1.29 is 0 Å². The number of thiophene rings is 1. The van der Waals surface area contributed by atoms with Gasteiger partial charge in [0.2, 0.25) is 0 Å². The number of aromatic nitrogens is 1. The number of hydrogen-bond donors (Lipinski definition) is 0. The highest BCUT2D eigenvalue weighted by Gasteiger charge is 2.19.